The summed E-state index contributed by atoms with van der Waals surface area (Å²) in [5, 5.41) is 3.14. The summed E-state index contributed by atoms with van der Waals surface area (Å²) < 4.78 is 16.1. The molecule has 0 fully saturated rings. The zero-order valence-electron chi connectivity index (χ0n) is 15.8. The summed E-state index contributed by atoms with van der Waals surface area (Å²) in [6.45, 7) is 4.63. The second-order valence-electron chi connectivity index (χ2n) is 6.15. The van der Waals surface area contributed by atoms with Gasteiger partial charge in [0, 0.05) is 12.1 Å². The Bertz CT molecular complexity index is 804. The van der Waals surface area contributed by atoms with Crippen LogP contribution in [-0.2, 0) is 4.79 Å². The van der Waals surface area contributed by atoms with Crippen molar-refractivity contribution in [3.8, 4) is 17.4 Å². The largest absolute Gasteiger partial charge is 0.493 e. The van der Waals surface area contributed by atoms with Crippen LogP contribution in [0.5, 0.6) is 17.4 Å². The van der Waals surface area contributed by atoms with Crippen LogP contribution in [0.4, 0.5) is 5.69 Å². The lowest BCUT2D eigenvalue weighted by molar-refractivity contribution is -0.111. The fourth-order valence-corrected chi connectivity index (χ4v) is 2.43. The summed E-state index contributed by atoms with van der Waals surface area (Å²) in [6, 6.07) is 6.86. The Hall–Kier alpha value is -2.73. The van der Waals surface area contributed by atoms with Gasteiger partial charge in [0.15, 0.2) is 11.5 Å². The number of pyridine rings is 1. The number of carbonyl (C=O) groups is 1. The van der Waals surface area contributed by atoms with Crippen molar-refractivity contribution in [2.24, 2.45) is 5.92 Å². The number of nitrogens with zero attached hydrogens (tertiary/aromatic N) is 1. The van der Waals surface area contributed by atoms with Gasteiger partial charge in [-0.2, -0.15) is 0 Å². The molecule has 1 aromatic heterocycles. The molecule has 0 atom stereocenters. The maximum absolute atomic E-state index is 12.1. The Morgan fingerprint density at radius 3 is 2.63 bits per heavy atom. The highest BCUT2D eigenvalue weighted by Gasteiger charge is 2.12. The summed E-state index contributed by atoms with van der Waals surface area (Å²) in [6.07, 6.45) is 4.57. The van der Waals surface area contributed by atoms with Gasteiger partial charge < -0.3 is 19.5 Å². The lowest BCUT2D eigenvalue weighted by atomic mass is 10.1. The molecule has 2 aromatic rings. The van der Waals surface area contributed by atoms with E-state index in [0.717, 1.165) is 5.56 Å². The Balaban J connectivity index is 2.08. The number of ether oxygens (including phenoxy) is 3. The number of benzene rings is 1. The van der Waals surface area contributed by atoms with Crippen LogP contribution in [0.3, 0.4) is 0 Å². The number of aromatic nitrogens is 1. The van der Waals surface area contributed by atoms with Crippen LogP contribution >= 0.6 is 11.6 Å². The van der Waals surface area contributed by atoms with Gasteiger partial charge in [0.1, 0.15) is 0 Å². The van der Waals surface area contributed by atoms with E-state index in [1.54, 1.807) is 37.5 Å². The first-order valence-electron chi connectivity index (χ1n) is 8.42. The highest BCUT2D eigenvalue weighted by Crippen LogP contribution is 2.37. The van der Waals surface area contributed by atoms with Crippen molar-refractivity contribution in [1.82, 2.24) is 4.98 Å². The molecule has 0 spiro atoms. The summed E-state index contributed by atoms with van der Waals surface area (Å²) >= 11 is 6.31. The predicted molar refractivity (Wildman–Crippen MR) is 107 cm³/mol. The number of halogens is 1. The van der Waals surface area contributed by atoms with Crippen molar-refractivity contribution >= 4 is 29.3 Å². The van der Waals surface area contributed by atoms with E-state index in [0.29, 0.717) is 40.6 Å². The summed E-state index contributed by atoms with van der Waals surface area (Å²) in [4.78, 5) is 16.1. The molecular weight excluding hydrogens is 368 g/mol. The highest BCUT2D eigenvalue weighted by atomic mass is 35.5. The second-order valence-corrected chi connectivity index (χ2v) is 6.56. The van der Waals surface area contributed by atoms with Gasteiger partial charge in [-0.25, -0.2) is 4.98 Å². The number of hydrogen-bond donors (Lipinski definition) is 1. The van der Waals surface area contributed by atoms with Crippen molar-refractivity contribution in [3.05, 3.63) is 47.1 Å². The lowest BCUT2D eigenvalue weighted by Crippen LogP contribution is -2.08. The standard InChI is InChI=1S/C20H23ClN2O4/c1-13(2)12-27-20-16(21)9-14(10-17(20)25-3)5-7-18(24)23-15-6-8-19(26-4)22-11-15/h5-11,13H,12H2,1-4H3,(H,23,24). The molecule has 0 aliphatic carbocycles. The maximum atomic E-state index is 12.1. The molecule has 6 nitrogen and oxygen atoms in total. The molecule has 0 bridgehead atoms. The van der Waals surface area contributed by atoms with E-state index in [1.165, 1.54) is 19.4 Å². The van der Waals surface area contributed by atoms with Crippen molar-refractivity contribution in [2.75, 3.05) is 26.1 Å². The van der Waals surface area contributed by atoms with Gasteiger partial charge in [0.25, 0.3) is 0 Å². The third kappa shape index (κ3) is 6.18. The molecule has 0 aliphatic heterocycles. The molecule has 27 heavy (non-hydrogen) atoms. The van der Waals surface area contributed by atoms with E-state index in [4.69, 9.17) is 25.8 Å². The molecule has 0 aliphatic rings. The van der Waals surface area contributed by atoms with Crippen LogP contribution < -0.4 is 19.5 Å². The van der Waals surface area contributed by atoms with E-state index in [-0.39, 0.29) is 5.91 Å². The minimum atomic E-state index is -0.294. The van der Waals surface area contributed by atoms with E-state index < -0.39 is 0 Å². The SMILES string of the molecule is COc1ccc(NC(=O)C=Cc2cc(Cl)c(OCC(C)C)c(OC)c2)cn1. The van der Waals surface area contributed by atoms with Crippen molar-refractivity contribution in [1.29, 1.82) is 0 Å². The topological polar surface area (TPSA) is 69.7 Å². The lowest BCUT2D eigenvalue weighted by Gasteiger charge is -2.14. The molecule has 144 valence electrons. The fraction of sp³-hybridized carbons (Fsp3) is 0.300. The first kappa shape index (κ1) is 20.6. The fourth-order valence-electron chi connectivity index (χ4n) is 2.16. The summed E-state index contributed by atoms with van der Waals surface area (Å²) in [5.74, 6) is 1.56. The molecule has 0 saturated carbocycles. The van der Waals surface area contributed by atoms with Gasteiger partial charge in [-0.15, -0.1) is 0 Å². The van der Waals surface area contributed by atoms with Crippen molar-refractivity contribution in [2.45, 2.75) is 13.8 Å². The number of anilines is 1. The molecule has 1 amide bonds. The first-order chi connectivity index (χ1) is 12.9. The van der Waals surface area contributed by atoms with Gasteiger partial charge in [0.2, 0.25) is 11.8 Å². The number of rotatable bonds is 8. The molecule has 0 saturated heterocycles. The molecule has 1 N–H and O–H groups in total. The third-order valence-electron chi connectivity index (χ3n) is 3.45. The molecule has 0 radical (unpaired) electrons. The number of nitrogens with one attached hydrogen (secondary N) is 1. The smallest absolute Gasteiger partial charge is 0.248 e. The van der Waals surface area contributed by atoms with Crippen molar-refractivity contribution in [3.63, 3.8) is 0 Å². The molecule has 0 unspecified atom stereocenters. The van der Waals surface area contributed by atoms with Crippen LogP contribution in [0.15, 0.2) is 36.5 Å². The van der Waals surface area contributed by atoms with Crippen molar-refractivity contribution < 1.29 is 19.0 Å². The average Bonchev–Trinajstić information content (AvgIpc) is 2.65. The van der Waals surface area contributed by atoms with Gasteiger partial charge in [-0.05, 0) is 35.8 Å². The van der Waals surface area contributed by atoms with E-state index in [1.807, 2.05) is 0 Å². The first-order valence-corrected chi connectivity index (χ1v) is 8.80. The minimum Gasteiger partial charge on any atom is -0.493 e. The summed E-state index contributed by atoms with van der Waals surface area (Å²) in [5.41, 5.74) is 1.29. The normalized spacial score (nSPS) is 10.9. The Morgan fingerprint density at radius 2 is 2.04 bits per heavy atom. The Kier molecular flexibility index (Phi) is 7.49. The van der Waals surface area contributed by atoms with Gasteiger partial charge in [-0.1, -0.05) is 25.4 Å². The number of hydrogen-bond acceptors (Lipinski definition) is 5. The van der Waals surface area contributed by atoms with Gasteiger partial charge in [-0.3, -0.25) is 4.79 Å². The van der Waals surface area contributed by atoms with Crippen LogP contribution in [0, 0.1) is 5.92 Å². The zero-order chi connectivity index (χ0) is 19.8. The second kappa shape index (κ2) is 9.83. The molecule has 1 heterocycles. The molecule has 2 rings (SSSR count). The number of methoxy groups -OCH3 is 2. The monoisotopic (exact) mass is 390 g/mol. The third-order valence-corrected chi connectivity index (χ3v) is 3.73. The predicted octanol–water partition coefficient (Wildman–Crippen LogP) is 4.44. The number of amides is 1. The molecule has 1 aromatic carbocycles. The Morgan fingerprint density at radius 1 is 1.26 bits per heavy atom. The van der Waals surface area contributed by atoms with Gasteiger partial charge in [0.05, 0.1) is 37.7 Å². The number of carbonyl (C=O) groups excluding carboxylic acids is 1. The van der Waals surface area contributed by atoms with Crippen LogP contribution in [0.2, 0.25) is 5.02 Å². The van der Waals surface area contributed by atoms with E-state index >= 15 is 0 Å². The van der Waals surface area contributed by atoms with Crippen LogP contribution in [0.1, 0.15) is 19.4 Å². The molecular formula is C20H23ClN2O4. The quantitative estimate of drug-likeness (QED) is 0.675. The minimum absolute atomic E-state index is 0.294. The van der Waals surface area contributed by atoms with Crippen LogP contribution in [-0.4, -0.2) is 31.7 Å². The summed E-state index contributed by atoms with van der Waals surface area (Å²) in [7, 11) is 3.08. The van der Waals surface area contributed by atoms with E-state index in [2.05, 4.69) is 24.1 Å². The van der Waals surface area contributed by atoms with E-state index in [9.17, 15) is 4.79 Å². The zero-order valence-corrected chi connectivity index (χ0v) is 16.5. The molecule has 7 heteroatoms. The highest BCUT2D eigenvalue weighted by molar-refractivity contribution is 6.32. The van der Waals surface area contributed by atoms with Crippen LogP contribution in [0.25, 0.3) is 6.08 Å². The average molecular weight is 391 g/mol. The maximum Gasteiger partial charge on any atom is 0.248 e. The Labute approximate surface area is 164 Å². The van der Waals surface area contributed by atoms with Gasteiger partial charge >= 0.3 is 0 Å².